The molecule has 20 heavy (non-hydrogen) atoms. The molecular weight excluding hydrogens is 304 g/mol. The minimum absolute atomic E-state index is 0.0929. The number of sulfonamides is 1. The number of benzene rings is 1. The van der Waals surface area contributed by atoms with E-state index in [9.17, 15) is 13.2 Å². The van der Waals surface area contributed by atoms with Crippen molar-refractivity contribution in [2.75, 3.05) is 6.54 Å². The van der Waals surface area contributed by atoms with E-state index in [4.69, 9.17) is 22.0 Å². The van der Waals surface area contributed by atoms with Crippen molar-refractivity contribution >= 4 is 27.6 Å². The molecule has 0 saturated carbocycles. The maximum atomic E-state index is 12.1. The van der Waals surface area contributed by atoms with Crippen LogP contribution in [0.25, 0.3) is 0 Å². The summed E-state index contributed by atoms with van der Waals surface area (Å²) in [5, 5.41) is 17.5. The van der Waals surface area contributed by atoms with Crippen LogP contribution in [0.15, 0.2) is 23.1 Å². The number of carbonyl (C=O) groups is 1. The number of hydrogen-bond donors (Lipinski definition) is 2. The fourth-order valence-corrected chi connectivity index (χ4v) is 2.97. The first-order chi connectivity index (χ1) is 9.10. The number of halogens is 1. The van der Waals surface area contributed by atoms with Crippen molar-refractivity contribution in [3.8, 4) is 6.07 Å². The Bertz CT molecular complexity index is 677. The predicted octanol–water partition coefficient (Wildman–Crippen LogP) is 1.60. The van der Waals surface area contributed by atoms with Crippen molar-refractivity contribution in [3.05, 3.63) is 28.8 Å². The minimum Gasteiger partial charge on any atom is -0.481 e. The van der Waals surface area contributed by atoms with Crippen LogP contribution in [0.3, 0.4) is 0 Å². The third-order valence-corrected chi connectivity index (χ3v) is 4.52. The zero-order chi connectivity index (χ0) is 15.6. The second-order valence-corrected chi connectivity index (χ2v) is 6.91. The zero-order valence-corrected chi connectivity index (χ0v) is 12.4. The Hall–Kier alpha value is -1.62. The Morgan fingerprint density at radius 3 is 2.55 bits per heavy atom. The fourth-order valence-electron chi connectivity index (χ4n) is 1.22. The van der Waals surface area contributed by atoms with Gasteiger partial charge in [-0.05, 0) is 32.0 Å². The molecule has 8 heteroatoms. The van der Waals surface area contributed by atoms with Crippen molar-refractivity contribution in [1.29, 1.82) is 5.26 Å². The lowest BCUT2D eigenvalue weighted by Gasteiger charge is -2.19. The summed E-state index contributed by atoms with van der Waals surface area (Å²) in [6.07, 6.45) is 0. The average molecular weight is 317 g/mol. The van der Waals surface area contributed by atoms with Gasteiger partial charge in [-0.3, -0.25) is 4.79 Å². The number of rotatable bonds is 5. The summed E-state index contributed by atoms with van der Waals surface area (Å²) in [6, 6.07) is 5.60. The molecule has 0 heterocycles. The number of nitrogens with zero attached hydrogens (tertiary/aromatic N) is 1. The van der Waals surface area contributed by atoms with Gasteiger partial charge in [-0.25, -0.2) is 13.1 Å². The summed E-state index contributed by atoms with van der Waals surface area (Å²) in [5.74, 6) is -1.12. The lowest BCUT2D eigenvalue weighted by Crippen LogP contribution is -2.38. The monoisotopic (exact) mass is 316 g/mol. The molecule has 0 aliphatic heterocycles. The van der Waals surface area contributed by atoms with Crippen LogP contribution in [0.5, 0.6) is 0 Å². The van der Waals surface area contributed by atoms with Gasteiger partial charge in [0.15, 0.2) is 0 Å². The van der Waals surface area contributed by atoms with E-state index in [1.807, 2.05) is 6.07 Å². The molecule has 1 aromatic carbocycles. The molecular formula is C12H13ClN2O4S. The average Bonchev–Trinajstić information content (AvgIpc) is 2.36. The molecule has 0 atom stereocenters. The van der Waals surface area contributed by atoms with Crippen molar-refractivity contribution in [2.45, 2.75) is 18.7 Å². The highest BCUT2D eigenvalue weighted by Gasteiger charge is 2.30. The van der Waals surface area contributed by atoms with E-state index in [0.717, 1.165) is 0 Å². The van der Waals surface area contributed by atoms with Gasteiger partial charge in [0.05, 0.1) is 22.1 Å². The topological polar surface area (TPSA) is 107 Å². The SMILES string of the molecule is CC(C)(CNS(=O)(=O)c1ccc(C#N)cc1Cl)C(=O)O. The Morgan fingerprint density at radius 2 is 2.10 bits per heavy atom. The van der Waals surface area contributed by atoms with E-state index in [0.29, 0.717) is 0 Å². The first-order valence-electron chi connectivity index (χ1n) is 5.53. The molecule has 1 rings (SSSR count). The lowest BCUT2D eigenvalue weighted by molar-refractivity contribution is -0.146. The van der Waals surface area contributed by atoms with Crippen LogP contribution in [0.2, 0.25) is 5.02 Å². The van der Waals surface area contributed by atoms with E-state index >= 15 is 0 Å². The summed E-state index contributed by atoms with van der Waals surface area (Å²) >= 11 is 5.82. The van der Waals surface area contributed by atoms with Gasteiger partial charge in [0.2, 0.25) is 10.0 Å². The number of carboxylic acid groups (broad SMARTS) is 1. The Morgan fingerprint density at radius 1 is 1.50 bits per heavy atom. The van der Waals surface area contributed by atoms with Gasteiger partial charge in [-0.15, -0.1) is 0 Å². The summed E-state index contributed by atoms with van der Waals surface area (Å²) in [5.41, 5.74) is -1.01. The molecule has 0 aliphatic carbocycles. The van der Waals surface area contributed by atoms with Gasteiger partial charge in [0.25, 0.3) is 0 Å². The Balaban J connectivity index is 3.02. The molecule has 1 aromatic rings. The van der Waals surface area contributed by atoms with Gasteiger partial charge in [0, 0.05) is 6.54 Å². The highest BCUT2D eigenvalue weighted by Crippen LogP contribution is 2.23. The molecule has 6 nitrogen and oxygen atoms in total. The van der Waals surface area contributed by atoms with Crippen molar-refractivity contribution in [3.63, 3.8) is 0 Å². The molecule has 0 aliphatic rings. The van der Waals surface area contributed by atoms with Crippen LogP contribution in [0, 0.1) is 16.7 Å². The zero-order valence-electron chi connectivity index (χ0n) is 10.8. The molecule has 0 saturated heterocycles. The minimum atomic E-state index is -3.94. The Kier molecular flexibility index (Phi) is 4.76. The quantitative estimate of drug-likeness (QED) is 0.858. The van der Waals surface area contributed by atoms with Crippen LogP contribution >= 0.6 is 11.6 Å². The molecule has 0 fully saturated rings. The predicted molar refractivity (Wildman–Crippen MR) is 72.8 cm³/mol. The van der Waals surface area contributed by atoms with Gasteiger partial charge >= 0.3 is 5.97 Å². The van der Waals surface area contributed by atoms with Gasteiger partial charge in [0.1, 0.15) is 4.90 Å². The molecule has 0 bridgehead atoms. The van der Waals surface area contributed by atoms with Gasteiger partial charge in [-0.1, -0.05) is 11.6 Å². The normalized spacial score (nSPS) is 11.9. The fraction of sp³-hybridized carbons (Fsp3) is 0.333. The number of nitriles is 1. The smallest absolute Gasteiger partial charge is 0.310 e. The molecule has 0 radical (unpaired) electrons. The molecule has 108 valence electrons. The molecule has 0 aromatic heterocycles. The number of nitrogens with one attached hydrogen (secondary N) is 1. The molecule has 0 spiro atoms. The highest BCUT2D eigenvalue weighted by atomic mass is 35.5. The summed E-state index contributed by atoms with van der Waals surface area (Å²) in [7, 11) is -3.94. The number of carboxylic acids is 1. The van der Waals surface area contributed by atoms with Crippen LogP contribution in [-0.2, 0) is 14.8 Å². The molecule has 0 amide bonds. The second-order valence-electron chi connectivity index (χ2n) is 4.77. The maximum Gasteiger partial charge on any atom is 0.310 e. The van der Waals surface area contributed by atoms with Crippen molar-refractivity contribution in [1.82, 2.24) is 4.72 Å². The van der Waals surface area contributed by atoms with Crippen LogP contribution < -0.4 is 4.72 Å². The summed E-state index contributed by atoms with van der Waals surface area (Å²) in [4.78, 5) is 10.7. The third kappa shape index (κ3) is 3.70. The van der Waals surface area contributed by atoms with Crippen molar-refractivity contribution < 1.29 is 18.3 Å². The summed E-state index contributed by atoms with van der Waals surface area (Å²) < 4.78 is 26.3. The highest BCUT2D eigenvalue weighted by molar-refractivity contribution is 7.89. The molecule has 0 unspecified atom stereocenters. The number of aliphatic carboxylic acids is 1. The molecule has 2 N–H and O–H groups in total. The standard InChI is InChI=1S/C12H13ClN2O4S/c1-12(2,11(16)17)7-15-20(18,19)10-4-3-8(6-14)5-9(10)13/h3-5,15H,7H2,1-2H3,(H,16,17). The van der Waals surface area contributed by atoms with Crippen LogP contribution in [-0.4, -0.2) is 26.0 Å². The number of hydrogen-bond acceptors (Lipinski definition) is 4. The van der Waals surface area contributed by atoms with E-state index < -0.39 is 21.4 Å². The third-order valence-electron chi connectivity index (χ3n) is 2.63. The lowest BCUT2D eigenvalue weighted by atomic mass is 9.95. The van der Waals surface area contributed by atoms with E-state index in [-0.39, 0.29) is 22.0 Å². The van der Waals surface area contributed by atoms with Crippen molar-refractivity contribution in [2.24, 2.45) is 5.41 Å². The maximum absolute atomic E-state index is 12.1. The largest absolute Gasteiger partial charge is 0.481 e. The second kappa shape index (κ2) is 5.79. The van der Waals surface area contributed by atoms with E-state index in [1.54, 1.807) is 0 Å². The summed E-state index contributed by atoms with van der Waals surface area (Å²) in [6.45, 7) is 2.53. The van der Waals surface area contributed by atoms with E-state index in [1.165, 1.54) is 32.0 Å². The van der Waals surface area contributed by atoms with Crippen LogP contribution in [0.4, 0.5) is 0 Å². The van der Waals surface area contributed by atoms with Gasteiger partial charge < -0.3 is 5.11 Å². The first-order valence-corrected chi connectivity index (χ1v) is 7.39. The van der Waals surface area contributed by atoms with E-state index in [2.05, 4.69) is 4.72 Å². The first kappa shape index (κ1) is 16.4. The Labute approximate surface area is 122 Å². The van der Waals surface area contributed by atoms with Crippen LogP contribution in [0.1, 0.15) is 19.4 Å². The van der Waals surface area contributed by atoms with Gasteiger partial charge in [-0.2, -0.15) is 5.26 Å².